The first-order valence-corrected chi connectivity index (χ1v) is 6.33. The molecule has 1 atom stereocenters. The third-order valence-electron chi connectivity index (χ3n) is 3.03. The maximum Gasteiger partial charge on any atom is 0.119 e. The standard InChI is InChI=1S/C15H19N3O/c1-3-18-15(13-10-17-8-7-14(13)16)11-5-4-6-12(9-11)19-2/h4-10,15,18H,3H2,1-2H3,(H2,16,17). The summed E-state index contributed by atoms with van der Waals surface area (Å²) >= 11 is 0. The lowest BCUT2D eigenvalue weighted by Crippen LogP contribution is -2.23. The molecular formula is C15H19N3O. The van der Waals surface area contributed by atoms with Gasteiger partial charge in [0.2, 0.25) is 0 Å². The van der Waals surface area contributed by atoms with E-state index in [4.69, 9.17) is 10.5 Å². The van der Waals surface area contributed by atoms with Crippen LogP contribution >= 0.6 is 0 Å². The Morgan fingerprint density at radius 1 is 1.37 bits per heavy atom. The number of nitrogens with zero attached hydrogens (tertiary/aromatic N) is 1. The molecule has 0 fully saturated rings. The summed E-state index contributed by atoms with van der Waals surface area (Å²) in [6, 6.07) is 9.82. The second kappa shape index (κ2) is 6.20. The number of aromatic nitrogens is 1. The largest absolute Gasteiger partial charge is 0.497 e. The highest BCUT2D eigenvalue weighted by Crippen LogP contribution is 2.27. The fourth-order valence-electron chi connectivity index (χ4n) is 2.09. The molecule has 1 aromatic carbocycles. The molecule has 19 heavy (non-hydrogen) atoms. The Bertz CT molecular complexity index is 542. The number of benzene rings is 1. The van der Waals surface area contributed by atoms with Gasteiger partial charge in [-0.05, 0) is 30.3 Å². The summed E-state index contributed by atoms with van der Waals surface area (Å²) in [5.74, 6) is 0.836. The van der Waals surface area contributed by atoms with Crippen LogP contribution in [0.1, 0.15) is 24.1 Å². The minimum absolute atomic E-state index is 0.0220. The molecule has 1 unspecified atom stereocenters. The van der Waals surface area contributed by atoms with Gasteiger partial charge in [0.25, 0.3) is 0 Å². The molecule has 4 nitrogen and oxygen atoms in total. The van der Waals surface area contributed by atoms with Crippen LogP contribution in [0.5, 0.6) is 5.75 Å². The molecule has 0 bridgehead atoms. The zero-order valence-electron chi connectivity index (χ0n) is 11.3. The number of rotatable bonds is 5. The Kier molecular flexibility index (Phi) is 4.36. The van der Waals surface area contributed by atoms with E-state index in [1.54, 1.807) is 13.3 Å². The fraction of sp³-hybridized carbons (Fsp3) is 0.267. The number of anilines is 1. The molecule has 0 saturated carbocycles. The Morgan fingerprint density at radius 3 is 2.89 bits per heavy atom. The normalized spacial score (nSPS) is 12.1. The van der Waals surface area contributed by atoms with Gasteiger partial charge in [-0.2, -0.15) is 0 Å². The lowest BCUT2D eigenvalue weighted by molar-refractivity contribution is 0.413. The number of nitrogens with two attached hydrogens (primary N) is 1. The molecule has 0 radical (unpaired) electrons. The van der Waals surface area contributed by atoms with E-state index in [1.807, 2.05) is 30.5 Å². The number of hydrogen-bond donors (Lipinski definition) is 2. The van der Waals surface area contributed by atoms with Gasteiger partial charge in [0, 0.05) is 23.6 Å². The van der Waals surface area contributed by atoms with Gasteiger partial charge < -0.3 is 15.8 Å². The summed E-state index contributed by atoms with van der Waals surface area (Å²) in [5, 5.41) is 3.43. The summed E-state index contributed by atoms with van der Waals surface area (Å²) in [7, 11) is 1.67. The Morgan fingerprint density at radius 2 is 2.21 bits per heavy atom. The molecule has 3 N–H and O–H groups in total. The van der Waals surface area contributed by atoms with Crippen molar-refractivity contribution in [2.75, 3.05) is 19.4 Å². The van der Waals surface area contributed by atoms with Crippen LogP contribution in [0.2, 0.25) is 0 Å². The van der Waals surface area contributed by atoms with Gasteiger partial charge in [-0.1, -0.05) is 19.1 Å². The van der Waals surface area contributed by atoms with Gasteiger partial charge in [-0.3, -0.25) is 4.98 Å². The van der Waals surface area contributed by atoms with Crippen molar-refractivity contribution in [3.05, 3.63) is 53.9 Å². The first kappa shape index (κ1) is 13.4. The van der Waals surface area contributed by atoms with Crippen LogP contribution in [-0.4, -0.2) is 18.6 Å². The van der Waals surface area contributed by atoms with Gasteiger partial charge in [0.1, 0.15) is 5.75 Å². The van der Waals surface area contributed by atoms with Gasteiger partial charge in [-0.15, -0.1) is 0 Å². The van der Waals surface area contributed by atoms with E-state index in [-0.39, 0.29) is 6.04 Å². The maximum absolute atomic E-state index is 6.05. The zero-order valence-corrected chi connectivity index (χ0v) is 11.3. The second-order valence-electron chi connectivity index (χ2n) is 4.27. The van der Waals surface area contributed by atoms with Crippen LogP contribution in [0.25, 0.3) is 0 Å². The van der Waals surface area contributed by atoms with Crippen LogP contribution in [0.4, 0.5) is 5.69 Å². The van der Waals surface area contributed by atoms with Gasteiger partial charge >= 0.3 is 0 Å². The molecule has 1 heterocycles. The number of ether oxygens (including phenoxy) is 1. The molecule has 0 amide bonds. The highest BCUT2D eigenvalue weighted by molar-refractivity contribution is 5.50. The van der Waals surface area contributed by atoms with E-state index in [2.05, 4.69) is 23.3 Å². The van der Waals surface area contributed by atoms with Gasteiger partial charge in [0.15, 0.2) is 0 Å². The van der Waals surface area contributed by atoms with E-state index in [0.717, 1.165) is 29.1 Å². The summed E-state index contributed by atoms with van der Waals surface area (Å²) in [6.07, 6.45) is 3.51. The third kappa shape index (κ3) is 3.03. The van der Waals surface area contributed by atoms with Crippen molar-refractivity contribution in [2.24, 2.45) is 0 Å². The second-order valence-corrected chi connectivity index (χ2v) is 4.27. The lowest BCUT2D eigenvalue weighted by Gasteiger charge is -2.20. The number of nitrogen functional groups attached to an aromatic ring is 1. The van der Waals surface area contributed by atoms with Crippen molar-refractivity contribution in [3.63, 3.8) is 0 Å². The average molecular weight is 257 g/mol. The van der Waals surface area contributed by atoms with Crippen molar-refractivity contribution in [1.29, 1.82) is 0 Å². The van der Waals surface area contributed by atoms with Crippen LogP contribution in [-0.2, 0) is 0 Å². The molecule has 0 aliphatic rings. The average Bonchev–Trinajstić information content (AvgIpc) is 2.46. The minimum atomic E-state index is 0.0220. The Hall–Kier alpha value is -2.07. The molecule has 4 heteroatoms. The molecule has 100 valence electrons. The molecule has 0 aliphatic heterocycles. The van der Waals surface area contributed by atoms with E-state index in [9.17, 15) is 0 Å². The summed E-state index contributed by atoms with van der Waals surface area (Å²) < 4.78 is 5.27. The lowest BCUT2D eigenvalue weighted by atomic mass is 9.98. The van der Waals surface area contributed by atoms with Crippen molar-refractivity contribution < 1.29 is 4.74 Å². The number of methoxy groups -OCH3 is 1. The quantitative estimate of drug-likeness (QED) is 0.863. The molecule has 0 aliphatic carbocycles. The summed E-state index contributed by atoms with van der Waals surface area (Å²) in [4.78, 5) is 4.17. The number of hydrogen-bond acceptors (Lipinski definition) is 4. The number of nitrogens with one attached hydrogen (secondary N) is 1. The molecule has 1 aromatic heterocycles. The SMILES string of the molecule is CCNC(c1cccc(OC)c1)c1cnccc1N. The van der Waals surface area contributed by atoms with E-state index in [1.165, 1.54) is 0 Å². The molecule has 2 aromatic rings. The van der Waals surface area contributed by atoms with Crippen LogP contribution < -0.4 is 15.8 Å². The fourth-order valence-corrected chi connectivity index (χ4v) is 2.09. The van der Waals surface area contributed by atoms with Gasteiger partial charge in [0.05, 0.1) is 13.2 Å². The van der Waals surface area contributed by atoms with E-state index in [0.29, 0.717) is 0 Å². The predicted molar refractivity (Wildman–Crippen MR) is 77.2 cm³/mol. The molecule has 0 saturated heterocycles. The Balaban J connectivity index is 2.42. The Labute approximate surface area is 113 Å². The third-order valence-corrected chi connectivity index (χ3v) is 3.03. The minimum Gasteiger partial charge on any atom is -0.497 e. The predicted octanol–water partition coefficient (Wildman–Crippen LogP) is 2.37. The van der Waals surface area contributed by atoms with Crippen molar-refractivity contribution >= 4 is 5.69 Å². The van der Waals surface area contributed by atoms with Crippen molar-refractivity contribution in [3.8, 4) is 5.75 Å². The monoisotopic (exact) mass is 257 g/mol. The zero-order chi connectivity index (χ0) is 13.7. The van der Waals surface area contributed by atoms with Crippen molar-refractivity contribution in [2.45, 2.75) is 13.0 Å². The van der Waals surface area contributed by atoms with Crippen LogP contribution in [0.3, 0.4) is 0 Å². The molecule has 0 spiro atoms. The van der Waals surface area contributed by atoms with E-state index < -0.39 is 0 Å². The topological polar surface area (TPSA) is 60.2 Å². The molecule has 2 rings (SSSR count). The summed E-state index contributed by atoms with van der Waals surface area (Å²) in [6.45, 7) is 2.91. The summed E-state index contributed by atoms with van der Waals surface area (Å²) in [5.41, 5.74) is 8.88. The highest BCUT2D eigenvalue weighted by Gasteiger charge is 2.16. The van der Waals surface area contributed by atoms with Crippen molar-refractivity contribution in [1.82, 2.24) is 10.3 Å². The smallest absolute Gasteiger partial charge is 0.119 e. The van der Waals surface area contributed by atoms with E-state index >= 15 is 0 Å². The number of pyridine rings is 1. The van der Waals surface area contributed by atoms with Gasteiger partial charge in [-0.25, -0.2) is 0 Å². The molecular weight excluding hydrogens is 238 g/mol. The maximum atomic E-state index is 6.05. The van der Waals surface area contributed by atoms with Crippen LogP contribution in [0, 0.1) is 0 Å². The first-order chi connectivity index (χ1) is 9.26. The van der Waals surface area contributed by atoms with Crippen LogP contribution in [0.15, 0.2) is 42.7 Å². The first-order valence-electron chi connectivity index (χ1n) is 6.33. The highest BCUT2D eigenvalue weighted by atomic mass is 16.5.